The quantitative estimate of drug-likeness (QED) is 0.349. The zero-order chi connectivity index (χ0) is 23.3. The first kappa shape index (κ1) is 22.6. The molecule has 3 aromatic rings. The average Bonchev–Trinajstić information content (AvgIpc) is 2.80. The Balaban J connectivity index is 2.08. The molecule has 0 aliphatic rings. The fraction of sp³-hybridized carbons (Fsp3) is 0.190. The summed E-state index contributed by atoms with van der Waals surface area (Å²) in [5.74, 6) is -3.82. The van der Waals surface area contributed by atoms with E-state index in [9.17, 15) is 23.9 Å². The number of pyridine rings is 2. The van der Waals surface area contributed by atoms with E-state index in [1.165, 1.54) is 25.4 Å². The number of fused-ring (bicyclic) bond motifs is 1. The number of aromatic hydroxyl groups is 1. The second kappa shape index (κ2) is 9.79. The molecule has 3 rings (SSSR count). The van der Waals surface area contributed by atoms with E-state index in [4.69, 9.17) is 5.11 Å². The van der Waals surface area contributed by atoms with Crippen molar-refractivity contribution in [3.05, 3.63) is 59.2 Å². The van der Waals surface area contributed by atoms with Gasteiger partial charge in [-0.2, -0.15) is 0 Å². The summed E-state index contributed by atoms with van der Waals surface area (Å²) >= 11 is 0. The highest BCUT2D eigenvalue weighted by Crippen LogP contribution is 2.32. The summed E-state index contributed by atoms with van der Waals surface area (Å²) in [6, 6.07) is 7.45. The Bertz CT molecular complexity index is 1180. The van der Waals surface area contributed by atoms with E-state index in [2.05, 4.69) is 25.9 Å². The zero-order valence-corrected chi connectivity index (χ0v) is 17.0. The minimum Gasteiger partial charge on any atom is -0.504 e. The van der Waals surface area contributed by atoms with Crippen molar-refractivity contribution in [2.24, 2.45) is 0 Å². The number of benzene rings is 1. The maximum absolute atomic E-state index is 13.2. The Hall–Kier alpha value is -4.12. The van der Waals surface area contributed by atoms with Gasteiger partial charge in [0.1, 0.15) is 17.2 Å². The summed E-state index contributed by atoms with van der Waals surface area (Å²) in [6.45, 7) is -0.409. The molecule has 10 nitrogen and oxygen atoms in total. The maximum atomic E-state index is 13.2. The molecule has 32 heavy (non-hydrogen) atoms. The molecule has 11 heteroatoms. The Kier molecular flexibility index (Phi) is 6.90. The lowest BCUT2D eigenvalue weighted by molar-refractivity contribution is -0.135. The number of aliphatic hydroxyl groups is 1. The van der Waals surface area contributed by atoms with E-state index in [0.717, 1.165) is 5.56 Å². The van der Waals surface area contributed by atoms with Crippen molar-refractivity contribution < 1.29 is 29.0 Å². The molecule has 0 fully saturated rings. The van der Waals surface area contributed by atoms with Gasteiger partial charge in [-0.05, 0) is 35.7 Å². The van der Waals surface area contributed by atoms with Crippen LogP contribution in [0.4, 0.5) is 10.2 Å². The van der Waals surface area contributed by atoms with Gasteiger partial charge in [0.15, 0.2) is 11.4 Å². The summed E-state index contributed by atoms with van der Waals surface area (Å²) < 4.78 is 13.2. The molecule has 0 bridgehead atoms. The first-order valence-corrected chi connectivity index (χ1v) is 9.52. The van der Waals surface area contributed by atoms with Gasteiger partial charge in [-0.1, -0.05) is 12.1 Å². The summed E-state index contributed by atoms with van der Waals surface area (Å²) in [5, 5.41) is 26.5. The number of aromatic nitrogens is 2. The van der Waals surface area contributed by atoms with E-state index >= 15 is 0 Å². The monoisotopic (exact) mass is 441 g/mol. The Morgan fingerprint density at radius 1 is 1.09 bits per heavy atom. The molecule has 3 amide bonds. The summed E-state index contributed by atoms with van der Waals surface area (Å²) in [5.41, 5.74) is 0.986. The number of nitrogens with zero attached hydrogens (tertiary/aromatic N) is 2. The lowest BCUT2D eigenvalue weighted by Gasteiger charge is -2.13. The predicted octanol–water partition coefficient (Wildman–Crippen LogP) is 0.472. The topological polar surface area (TPSA) is 154 Å². The molecule has 0 radical (unpaired) electrons. The molecule has 0 atom stereocenters. The number of aliphatic hydroxyl groups excluding tert-OH is 1. The lowest BCUT2D eigenvalue weighted by Crippen LogP contribution is -2.33. The van der Waals surface area contributed by atoms with Crippen molar-refractivity contribution in [2.75, 3.05) is 25.5 Å². The lowest BCUT2D eigenvalue weighted by atomic mass is 10.0. The van der Waals surface area contributed by atoms with Gasteiger partial charge in [-0.15, -0.1) is 0 Å². The van der Waals surface area contributed by atoms with Crippen LogP contribution in [0.2, 0.25) is 0 Å². The van der Waals surface area contributed by atoms with Crippen molar-refractivity contribution in [1.29, 1.82) is 0 Å². The second-order valence-corrected chi connectivity index (χ2v) is 6.71. The van der Waals surface area contributed by atoms with Crippen LogP contribution in [0.3, 0.4) is 0 Å². The van der Waals surface area contributed by atoms with E-state index in [1.807, 2.05) is 0 Å². The first-order chi connectivity index (χ1) is 15.3. The molecular formula is C21H20FN5O5. The molecule has 0 aliphatic heterocycles. The molecule has 0 saturated heterocycles. The number of hydrogen-bond acceptors (Lipinski definition) is 7. The summed E-state index contributed by atoms with van der Waals surface area (Å²) in [7, 11) is 1.28. The minimum absolute atomic E-state index is 0.0239. The molecule has 166 valence electrons. The normalized spacial score (nSPS) is 10.6. The number of hydrogen-bond donors (Lipinski definition) is 5. The number of rotatable bonds is 6. The Morgan fingerprint density at radius 2 is 1.81 bits per heavy atom. The van der Waals surface area contributed by atoms with Crippen LogP contribution in [0.25, 0.3) is 10.9 Å². The maximum Gasteiger partial charge on any atom is 0.314 e. The van der Waals surface area contributed by atoms with Crippen LogP contribution < -0.4 is 16.0 Å². The molecule has 1 aromatic carbocycles. The smallest absolute Gasteiger partial charge is 0.314 e. The second-order valence-electron chi connectivity index (χ2n) is 6.71. The Labute approximate surface area is 181 Å². The summed E-state index contributed by atoms with van der Waals surface area (Å²) in [6.07, 6.45) is 1.83. The fourth-order valence-electron chi connectivity index (χ4n) is 2.93. The van der Waals surface area contributed by atoms with E-state index < -0.39 is 29.2 Å². The number of carbonyl (C=O) groups is 3. The minimum atomic E-state index is -1.03. The van der Waals surface area contributed by atoms with Gasteiger partial charge in [-0.25, -0.2) is 9.37 Å². The van der Waals surface area contributed by atoms with Crippen molar-refractivity contribution >= 4 is 34.4 Å². The third-order valence-electron chi connectivity index (χ3n) is 4.47. The number of halogens is 1. The standard InChI is InChI=1S/C21H20FN5O5/c1-23-20(31)21(32)27-18-14-9-12(8-11-2-4-13(22)5-3-11)10-25-15(14)17(29)16(26-18)19(30)24-6-7-28/h2-5,9-10,28-29H,6-8H2,1H3,(H,23,31)(H,24,30)(H,26,27,32). The van der Waals surface area contributed by atoms with Crippen molar-refractivity contribution in [3.8, 4) is 5.75 Å². The third kappa shape index (κ3) is 4.95. The van der Waals surface area contributed by atoms with Crippen LogP contribution in [-0.2, 0) is 16.0 Å². The van der Waals surface area contributed by atoms with Crippen LogP contribution in [-0.4, -0.2) is 58.1 Å². The number of carbonyl (C=O) groups excluding carboxylic acids is 3. The van der Waals surface area contributed by atoms with Crippen molar-refractivity contribution in [3.63, 3.8) is 0 Å². The van der Waals surface area contributed by atoms with Crippen molar-refractivity contribution in [2.45, 2.75) is 6.42 Å². The molecule has 0 aliphatic carbocycles. The number of likely N-dealkylation sites (N-methyl/N-ethyl adjacent to an activating group) is 1. The summed E-state index contributed by atoms with van der Waals surface area (Å²) in [4.78, 5) is 44.3. The highest BCUT2D eigenvalue weighted by molar-refractivity contribution is 6.40. The number of amides is 3. The van der Waals surface area contributed by atoms with Crippen molar-refractivity contribution in [1.82, 2.24) is 20.6 Å². The van der Waals surface area contributed by atoms with Crippen LogP contribution >= 0.6 is 0 Å². The highest BCUT2D eigenvalue weighted by atomic mass is 19.1. The highest BCUT2D eigenvalue weighted by Gasteiger charge is 2.23. The van der Waals surface area contributed by atoms with Crippen LogP contribution in [0.15, 0.2) is 36.5 Å². The van der Waals surface area contributed by atoms with E-state index in [0.29, 0.717) is 12.0 Å². The molecule has 5 N–H and O–H groups in total. The van der Waals surface area contributed by atoms with E-state index in [-0.39, 0.29) is 35.7 Å². The van der Waals surface area contributed by atoms with Crippen LogP contribution in [0, 0.1) is 5.82 Å². The molecular weight excluding hydrogens is 421 g/mol. The Morgan fingerprint density at radius 3 is 2.47 bits per heavy atom. The average molecular weight is 441 g/mol. The van der Waals surface area contributed by atoms with Gasteiger partial charge >= 0.3 is 11.8 Å². The molecule has 2 heterocycles. The van der Waals surface area contributed by atoms with Crippen LogP contribution in [0.5, 0.6) is 5.75 Å². The van der Waals surface area contributed by atoms with Gasteiger partial charge in [0, 0.05) is 25.2 Å². The molecule has 0 saturated carbocycles. The zero-order valence-electron chi connectivity index (χ0n) is 17.0. The van der Waals surface area contributed by atoms with Crippen LogP contribution in [0.1, 0.15) is 21.6 Å². The SMILES string of the molecule is CNC(=O)C(=O)Nc1nc(C(=O)NCCO)c(O)c2ncc(Cc3ccc(F)cc3)cc12. The molecule has 0 unspecified atom stereocenters. The predicted molar refractivity (Wildman–Crippen MR) is 113 cm³/mol. The largest absolute Gasteiger partial charge is 0.504 e. The first-order valence-electron chi connectivity index (χ1n) is 9.52. The molecule has 0 spiro atoms. The fourth-order valence-corrected chi connectivity index (χ4v) is 2.93. The van der Waals surface area contributed by atoms with E-state index in [1.54, 1.807) is 18.2 Å². The number of anilines is 1. The number of nitrogens with one attached hydrogen (secondary N) is 3. The molecule has 2 aromatic heterocycles. The van der Waals surface area contributed by atoms with Gasteiger partial charge in [0.25, 0.3) is 5.91 Å². The van der Waals surface area contributed by atoms with Gasteiger partial charge in [-0.3, -0.25) is 19.4 Å². The third-order valence-corrected chi connectivity index (χ3v) is 4.47. The van der Waals surface area contributed by atoms with Gasteiger partial charge in [0.2, 0.25) is 0 Å². The van der Waals surface area contributed by atoms with Gasteiger partial charge < -0.3 is 26.2 Å². The van der Waals surface area contributed by atoms with Gasteiger partial charge in [0.05, 0.1) is 6.61 Å².